The van der Waals surface area contributed by atoms with Crippen LogP contribution in [-0.4, -0.2) is 30.2 Å². The Morgan fingerprint density at radius 2 is 1.75 bits per heavy atom. The van der Waals surface area contributed by atoms with Gasteiger partial charge in [0.1, 0.15) is 5.75 Å². The number of hydrogen-bond acceptors (Lipinski definition) is 5. The molecule has 0 saturated carbocycles. The van der Waals surface area contributed by atoms with Gasteiger partial charge in [-0.05, 0) is 36.8 Å². The fourth-order valence-electron chi connectivity index (χ4n) is 1.99. The quantitative estimate of drug-likeness (QED) is 0.762. The number of esters is 1. The van der Waals surface area contributed by atoms with E-state index in [0.717, 1.165) is 0 Å². The smallest absolute Gasteiger partial charge is 0.340 e. The van der Waals surface area contributed by atoms with Gasteiger partial charge >= 0.3 is 5.97 Å². The van der Waals surface area contributed by atoms with Crippen LogP contribution in [0.3, 0.4) is 0 Å². The summed E-state index contributed by atoms with van der Waals surface area (Å²) in [5, 5.41) is 12.4. The standard InChI is InChI=1S/C18H19NO5/c1-2-23-15-10-8-14(9-11-15)19-16(20)12-24-18(22)17(21)13-6-4-3-5-7-13/h3-11,17,21H,2,12H2,1H3,(H,19,20)/t17-/m0/s1. The molecule has 0 fully saturated rings. The van der Waals surface area contributed by atoms with Crippen LogP contribution < -0.4 is 10.1 Å². The lowest BCUT2D eigenvalue weighted by Gasteiger charge is -2.11. The minimum Gasteiger partial charge on any atom is -0.494 e. The highest BCUT2D eigenvalue weighted by Gasteiger charge is 2.19. The summed E-state index contributed by atoms with van der Waals surface area (Å²) < 4.78 is 10.1. The molecule has 0 heterocycles. The van der Waals surface area contributed by atoms with E-state index in [4.69, 9.17) is 9.47 Å². The molecule has 0 unspecified atom stereocenters. The molecule has 0 aromatic heterocycles. The second-order valence-electron chi connectivity index (χ2n) is 4.93. The van der Waals surface area contributed by atoms with Crippen molar-refractivity contribution in [1.29, 1.82) is 0 Å². The van der Waals surface area contributed by atoms with Crippen molar-refractivity contribution in [3.8, 4) is 5.75 Å². The third kappa shape index (κ3) is 5.10. The van der Waals surface area contributed by atoms with E-state index in [9.17, 15) is 14.7 Å². The van der Waals surface area contributed by atoms with E-state index >= 15 is 0 Å². The molecular weight excluding hydrogens is 310 g/mol. The van der Waals surface area contributed by atoms with Crippen molar-refractivity contribution < 1.29 is 24.2 Å². The van der Waals surface area contributed by atoms with Crippen molar-refractivity contribution in [2.75, 3.05) is 18.5 Å². The summed E-state index contributed by atoms with van der Waals surface area (Å²) in [6.45, 7) is 1.97. The summed E-state index contributed by atoms with van der Waals surface area (Å²) in [5.41, 5.74) is 0.970. The molecule has 0 saturated heterocycles. The van der Waals surface area contributed by atoms with Crippen molar-refractivity contribution in [1.82, 2.24) is 0 Å². The first-order valence-corrected chi connectivity index (χ1v) is 7.52. The molecule has 1 amide bonds. The first kappa shape index (κ1) is 17.5. The van der Waals surface area contributed by atoms with Gasteiger partial charge in [-0.1, -0.05) is 30.3 Å². The van der Waals surface area contributed by atoms with Gasteiger partial charge in [0.25, 0.3) is 5.91 Å². The highest BCUT2D eigenvalue weighted by molar-refractivity contribution is 5.93. The maximum absolute atomic E-state index is 11.8. The SMILES string of the molecule is CCOc1ccc(NC(=O)COC(=O)[C@@H](O)c2ccccc2)cc1. The Bertz CT molecular complexity index is 670. The molecule has 0 spiro atoms. The van der Waals surface area contributed by atoms with E-state index in [1.807, 2.05) is 6.92 Å². The van der Waals surface area contributed by atoms with E-state index in [-0.39, 0.29) is 0 Å². The molecule has 2 aromatic rings. The number of carbonyl (C=O) groups excluding carboxylic acids is 2. The zero-order valence-corrected chi connectivity index (χ0v) is 13.3. The summed E-state index contributed by atoms with van der Waals surface area (Å²) in [4.78, 5) is 23.5. The Balaban J connectivity index is 1.81. The largest absolute Gasteiger partial charge is 0.494 e. The zero-order valence-electron chi connectivity index (χ0n) is 13.3. The summed E-state index contributed by atoms with van der Waals surface area (Å²) in [7, 11) is 0. The Hall–Kier alpha value is -2.86. The van der Waals surface area contributed by atoms with E-state index < -0.39 is 24.6 Å². The summed E-state index contributed by atoms with van der Waals surface area (Å²) in [6.07, 6.45) is -1.41. The molecule has 0 aliphatic heterocycles. The van der Waals surface area contributed by atoms with Crippen molar-refractivity contribution in [2.45, 2.75) is 13.0 Å². The lowest BCUT2D eigenvalue weighted by atomic mass is 10.1. The van der Waals surface area contributed by atoms with Crippen molar-refractivity contribution in [2.24, 2.45) is 0 Å². The highest BCUT2D eigenvalue weighted by atomic mass is 16.5. The third-order valence-electron chi connectivity index (χ3n) is 3.13. The molecule has 2 rings (SSSR count). The van der Waals surface area contributed by atoms with Gasteiger partial charge in [0, 0.05) is 5.69 Å². The maximum atomic E-state index is 11.8. The third-order valence-corrected chi connectivity index (χ3v) is 3.13. The minimum atomic E-state index is -1.41. The maximum Gasteiger partial charge on any atom is 0.340 e. The lowest BCUT2D eigenvalue weighted by molar-refractivity contribution is -0.156. The molecule has 2 aromatic carbocycles. The number of aliphatic hydroxyl groups excluding tert-OH is 1. The van der Waals surface area contributed by atoms with Crippen LogP contribution in [0.4, 0.5) is 5.69 Å². The average Bonchev–Trinajstić information content (AvgIpc) is 2.61. The first-order chi connectivity index (χ1) is 11.6. The van der Waals surface area contributed by atoms with Crippen LogP contribution in [0.15, 0.2) is 54.6 Å². The van der Waals surface area contributed by atoms with Gasteiger partial charge in [-0.3, -0.25) is 4.79 Å². The number of carbonyl (C=O) groups is 2. The van der Waals surface area contributed by atoms with Crippen molar-refractivity contribution in [3.63, 3.8) is 0 Å². The van der Waals surface area contributed by atoms with E-state index in [2.05, 4.69) is 5.32 Å². The number of ether oxygens (including phenoxy) is 2. The van der Waals surface area contributed by atoms with Gasteiger partial charge in [0.2, 0.25) is 0 Å². The van der Waals surface area contributed by atoms with Crippen molar-refractivity contribution >= 4 is 17.6 Å². The Labute approximate surface area is 140 Å². The second-order valence-corrected chi connectivity index (χ2v) is 4.93. The Kier molecular flexibility index (Phi) is 6.33. The molecule has 0 bridgehead atoms. The number of rotatable bonds is 7. The Morgan fingerprint density at radius 1 is 1.08 bits per heavy atom. The monoisotopic (exact) mass is 329 g/mol. The molecule has 6 heteroatoms. The number of amides is 1. The topological polar surface area (TPSA) is 84.9 Å². The fraction of sp³-hybridized carbons (Fsp3) is 0.222. The van der Waals surface area contributed by atoms with E-state index in [1.54, 1.807) is 54.6 Å². The molecular formula is C18H19NO5. The average molecular weight is 329 g/mol. The lowest BCUT2D eigenvalue weighted by Crippen LogP contribution is -2.23. The van der Waals surface area contributed by atoms with Gasteiger partial charge in [-0.25, -0.2) is 4.79 Å². The molecule has 1 atom stereocenters. The van der Waals surface area contributed by atoms with Crippen LogP contribution in [0.1, 0.15) is 18.6 Å². The van der Waals surface area contributed by atoms with Gasteiger partial charge < -0.3 is 19.9 Å². The number of aliphatic hydroxyl groups is 1. The number of hydrogen-bond donors (Lipinski definition) is 2. The van der Waals surface area contributed by atoms with Crippen LogP contribution in [0.2, 0.25) is 0 Å². The number of nitrogens with one attached hydrogen (secondary N) is 1. The predicted molar refractivity (Wildman–Crippen MR) is 88.6 cm³/mol. The highest BCUT2D eigenvalue weighted by Crippen LogP contribution is 2.16. The summed E-state index contributed by atoms with van der Waals surface area (Å²) >= 11 is 0. The second kappa shape index (κ2) is 8.69. The van der Waals surface area contributed by atoms with Gasteiger partial charge in [0.05, 0.1) is 6.61 Å². The molecule has 24 heavy (non-hydrogen) atoms. The number of benzene rings is 2. The zero-order chi connectivity index (χ0) is 17.4. The molecule has 6 nitrogen and oxygen atoms in total. The minimum absolute atomic E-state index is 0.412. The molecule has 0 radical (unpaired) electrons. The fourth-order valence-corrected chi connectivity index (χ4v) is 1.99. The van der Waals surface area contributed by atoms with Gasteiger partial charge in [0.15, 0.2) is 12.7 Å². The van der Waals surface area contributed by atoms with Crippen LogP contribution >= 0.6 is 0 Å². The van der Waals surface area contributed by atoms with Crippen LogP contribution in [-0.2, 0) is 14.3 Å². The normalized spacial score (nSPS) is 11.4. The molecule has 126 valence electrons. The number of anilines is 1. The summed E-state index contributed by atoms with van der Waals surface area (Å²) in [6, 6.07) is 15.2. The van der Waals surface area contributed by atoms with Crippen LogP contribution in [0, 0.1) is 0 Å². The molecule has 2 N–H and O–H groups in total. The van der Waals surface area contributed by atoms with E-state index in [0.29, 0.717) is 23.6 Å². The van der Waals surface area contributed by atoms with Crippen LogP contribution in [0.5, 0.6) is 5.75 Å². The first-order valence-electron chi connectivity index (χ1n) is 7.52. The van der Waals surface area contributed by atoms with E-state index in [1.165, 1.54) is 0 Å². The van der Waals surface area contributed by atoms with Crippen molar-refractivity contribution in [3.05, 3.63) is 60.2 Å². The van der Waals surface area contributed by atoms with Gasteiger partial charge in [-0.15, -0.1) is 0 Å². The predicted octanol–water partition coefficient (Wildman–Crippen LogP) is 2.30. The van der Waals surface area contributed by atoms with Crippen LogP contribution in [0.25, 0.3) is 0 Å². The Morgan fingerprint density at radius 3 is 2.38 bits per heavy atom. The molecule has 0 aliphatic carbocycles. The molecule has 0 aliphatic rings. The summed E-state index contributed by atoms with van der Waals surface area (Å²) in [5.74, 6) is -0.663. The van der Waals surface area contributed by atoms with Gasteiger partial charge in [-0.2, -0.15) is 0 Å².